The quantitative estimate of drug-likeness (QED) is 0.216. The smallest absolute Gasteiger partial charge is 0.316 e. The van der Waals surface area contributed by atoms with Gasteiger partial charge in [0.25, 0.3) is 15.9 Å². The minimum atomic E-state index is -4.23. The van der Waals surface area contributed by atoms with Gasteiger partial charge in [-0.25, -0.2) is 32.5 Å². The number of aromatic nitrogens is 3. The van der Waals surface area contributed by atoms with Gasteiger partial charge in [-0.05, 0) is 84.3 Å². The number of hydrogen-bond donors (Lipinski definition) is 1. The summed E-state index contributed by atoms with van der Waals surface area (Å²) in [6.07, 6.45) is 5.87. The number of carbonyl (C=O) groups is 1. The molecule has 10 nitrogen and oxygen atoms in total. The van der Waals surface area contributed by atoms with Crippen molar-refractivity contribution in [2.24, 2.45) is 5.41 Å². The molecule has 0 atom stereocenters. The van der Waals surface area contributed by atoms with Gasteiger partial charge < -0.3 is 9.64 Å². The van der Waals surface area contributed by atoms with E-state index >= 15 is 0 Å². The molecule has 0 saturated carbocycles. The van der Waals surface area contributed by atoms with Crippen LogP contribution in [0.2, 0.25) is 5.02 Å². The fraction of sp³-hybridized carbons (Fsp3) is 0.333. The summed E-state index contributed by atoms with van der Waals surface area (Å²) in [7, 11) is -2.84. The molecule has 49 heavy (non-hydrogen) atoms. The topological polar surface area (TPSA) is 118 Å². The van der Waals surface area contributed by atoms with Gasteiger partial charge in [0.2, 0.25) is 0 Å². The van der Waals surface area contributed by atoms with Gasteiger partial charge in [-0.2, -0.15) is 0 Å². The van der Waals surface area contributed by atoms with Crippen molar-refractivity contribution in [1.82, 2.24) is 24.6 Å². The number of benzene rings is 2. The third-order valence-corrected chi connectivity index (χ3v) is 10.7. The molecule has 2 aromatic carbocycles. The summed E-state index contributed by atoms with van der Waals surface area (Å²) in [4.78, 5) is 29.5. The normalized spacial score (nSPS) is 16.8. The highest BCUT2D eigenvalue weighted by Crippen LogP contribution is 2.43. The number of ether oxygens (including phenoxy) is 1. The van der Waals surface area contributed by atoms with Crippen LogP contribution in [0.4, 0.5) is 10.1 Å². The summed E-state index contributed by atoms with van der Waals surface area (Å²) >= 11 is 6.18. The minimum absolute atomic E-state index is 0.0731. The summed E-state index contributed by atoms with van der Waals surface area (Å²) in [5.74, 6) is -1.71. The second-order valence-corrected chi connectivity index (χ2v) is 15.2. The van der Waals surface area contributed by atoms with Crippen LogP contribution in [0.3, 0.4) is 0 Å². The average molecular weight is 705 g/mol. The number of carbonyl (C=O) groups excluding carboxylic acids is 1. The van der Waals surface area contributed by atoms with Crippen LogP contribution in [-0.4, -0.2) is 74.0 Å². The van der Waals surface area contributed by atoms with Gasteiger partial charge in [-0.15, -0.1) is 0 Å². The van der Waals surface area contributed by atoms with Crippen molar-refractivity contribution < 1.29 is 22.3 Å². The maximum absolute atomic E-state index is 14.5. The molecule has 1 amide bonds. The molecule has 2 aliphatic rings. The molecular formula is C36H38ClFN6O4S. The van der Waals surface area contributed by atoms with Crippen molar-refractivity contribution in [3.05, 3.63) is 101 Å². The number of rotatable bonds is 9. The number of piperazine rings is 1. The maximum atomic E-state index is 14.5. The lowest BCUT2D eigenvalue weighted by atomic mass is 9.72. The lowest BCUT2D eigenvalue weighted by Gasteiger charge is -2.39. The van der Waals surface area contributed by atoms with Crippen molar-refractivity contribution in [2.75, 3.05) is 44.7 Å². The molecule has 13 heteroatoms. The molecule has 3 heterocycles. The van der Waals surface area contributed by atoms with Crippen LogP contribution < -0.4 is 14.4 Å². The number of pyridine rings is 1. The lowest BCUT2D eigenvalue weighted by molar-refractivity contribution is 0.0976. The molecule has 256 valence electrons. The highest BCUT2D eigenvalue weighted by molar-refractivity contribution is 7.90. The van der Waals surface area contributed by atoms with E-state index in [-0.39, 0.29) is 33.3 Å². The Hall–Kier alpha value is -4.39. The van der Waals surface area contributed by atoms with Crippen LogP contribution in [0.15, 0.2) is 83.5 Å². The minimum Gasteiger partial charge on any atom is -0.467 e. The number of allylic oxidation sites excluding steroid dienone is 1. The first-order valence-electron chi connectivity index (χ1n) is 16.1. The van der Waals surface area contributed by atoms with Gasteiger partial charge in [-0.3, -0.25) is 9.69 Å². The van der Waals surface area contributed by atoms with Crippen molar-refractivity contribution in [3.8, 4) is 17.3 Å². The summed E-state index contributed by atoms with van der Waals surface area (Å²) in [5, 5.41) is 0.741. The van der Waals surface area contributed by atoms with E-state index in [9.17, 15) is 17.6 Å². The number of sulfonamides is 1. The van der Waals surface area contributed by atoms with Crippen LogP contribution in [0.5, 0.6) is 6.01 Å². The predicted octanol–water partition coefficient (Wildman–Crippen LogP) is 6.24. The highest BCUT2D eigenvalue weighted by atomic mass is 35.5. The summed E-state index contributed by atoms with van der Waals surface area (Å²) < 4.78 is 47.7. The Labute approximate surface area is 291 Å². The van der Waals surface area contributed by atoms with Crippen molar-refractivity contribution in [3.63, 3.8) is 0 Å². The average Bonchev–Trinajstić information content (AvgIpc) is 3.10. The van der Waals surface area contributed by atoms with E-state index in [2.05, 4.69) is 50.7 Å². The second-order valence-electron chi connectivity index (χ2n) is 13.1. The van der Waals surface area contributed by atoms with Gasteiger partial charge >= 0.3 is 6.01 Å². The van der Waals surface area contributed by atoms with E-state index in [1.807, 2.05) is 16.9 Å². The first kappa shape index (κ1) is 34.5. The van der Waals surface area contributed by atoms with Gasteiger partial charge in [0.05, 0.1) is 12.0 Å². The van der Waals surface area contributed by atoms with E-state index in [0.29, 0.717) is 0 Å². The van der Waals surface area contributed by atoms with E-state index in [0.717, 1.165) is 74.8 Å². The molecule has 0 unspecified atom stereocenters. The van der Waals surface area contributed by atoms with Crippen LogP contribution in [0.1, 0.15) is 49.2 Å². The molecule has 1 fully saturated rings. The third-order valence-electron chi connectivity index (χ3n) is 9.07. The Kier molecular flexibility index (Phi) is 10.0. The largest absolute Gasteiger partial charge is 0.467 e. The van der Waals surface area contributed by atoms with Gasteiger partial charge in [0.1, 0.15) is 17.2 Å². The molecule has 4 aromatic rings. The van der Waals surface area contributed by atoms with E-state index in [1.54, 1.807) is 12.1 Å². The van der Waals surface area contributed by atoms with Crippen molar-refractivity contribution >= 4 is 38.8 Å². The Morgan fingerprint density at radius 2 is 1.63 bits per heavy atom. The Bertz CT molecular complexity index is 1960. The van der Waals surface area contributed by atoms with Crippen LogP contribution in [0.25, 0.3) is 16.8 Å². The number of hydrogen-bond acceptors (Lipinski definition) is 9. The SMILES string of the molecule is COc1ncc(-c2nc(C(=O)NS(=O)(=O)c3ccc(N4CCN(CC5=C(c6ccc(Cl)cc6)CC(C)(C)CC5)CC4)cc3)ccc2F)cn1. The molecule has 1 N–H and O–H groups in total. The number of nitrogens with one attached hydrogen (secondary N) is 1. The molecule has 0 spiro atoms. The van der Waals surface area contributed by atoms with E-state index < -0.39 is 21.7 Å². The van der Waals surface area contributed by atoms with Crippen molar-refractivity contribution in [1.29, 1.82) is 0 Å². The third kappa shape index (κ3) is 8.09. The highest BCUT2D eigenvalue weighted by Gasteiger charge is 2.29. The molecule has 1 aliphatic carbocycles. The summed E-state index contributed by atoms with van der Waals surface area (Å²) in [5.41, 5.74) is 5.06. The molecule has 1 aliphatic heterocycles. The fourth-order valence-corrected chi connectivity index (χ4v) is 7.37. The lowest BCUT2D eigenvalue weighted by Crippen LogP contribution is -2.47. The first-order valence-corrected chi connectivity index (χ1v) is 17.9. The van der Waals surface area contributed by atoms with E-state index in [4.69, 9.17) is 16.3 Å². The first-order chi connectivity index (χ1) is 23.4. The Balaban J connectivity index is 1.08. The van der Waals surface area contributed by atoms with E-state index in [1.165, 1.54) is 48.3 Å². The number of amides is 1. The zero-order chi connectivity index (χ0) is 34.8. The molecule has 0 bridgehead atoms. The zero-order valence-corrected chi connectivity index (χ0v) is 29.2. The molecule has 1 saturated heterocycles. The number of nitrogens with zero attached hydrogens (tertiary/aromatic N) is 5. The van der Waals surface area contributed by atoms with Crippen LogP contribution in [0, 0.1) is 11.2 Å². The zero-order valence-electron chi connectivity index (χ0n) is 27.6. The standard InChI is InChI=1S/C36H38ClFN6O4S/c1-36(2)15-14-25(30(20-36)24-4-6-27(37)7-5-24)23-43-16-18-44(19-17-43)28-8-10-29(11-9-28)49(46,47)42-34(45)32-13-12-31(38)33(41-32)26-21-39-35(48-3)40-22-26/h4-13,21-22H,14-20,23H2,1-3H3,(H,42,45). The van der Waals surface area contributed by atoms with Crippen molar-refractivity contribution in [2.45, 2.75) is 38.0 Å². The van der Waals surface area contributed by atoms with Crippen LogP contribution >= 0.6 is 11.6 Å². The molecule has 2 aromatic heterocycles. The predicted molar refractivity (Wildman–Crippen MR) is 188 cm³/mol. The summed E-state index contributed by atoms with van der Waals surface area (Å²) in [6.45, 7) is 8.96. The fourth-order valence-electron chi connectivity index (χ4n) is 6.28. The van der Waals surface area contributed by atoms with Gasteiger partial charge in [0.15, 0.2) is 0 Å². The maximum Gasteiger partial charge on any atom is 0.316 e. The molecular weight excluding hydrogens is 667 g/mol. The van der Waals surface area contributed by atoms with Gasteiger partial charge in [0, 0.05) is 61.4 Å². The summed E-state index contributed by atoms with van der Waals surface area (Å²) in [6, 6.07) is 16.9. The number of methoxy groups -OCH3 is 1. The molecule has 6 rings (SSSR count). The number of halogens is 2. The van der Waals surface area contributed by atoms with Crippen LogP contribution in [-0.2, 0) is 10.0 Å². The Morgan fingerprint density at radius 3 is 2.29 bits per heavy atom. The molecule has 0 radical (unpaired) electrons. The monoisotopic (exact) mass is 704 g/mol. The number of anilines is 1. The van der Waals surface area contributed by atoms with Gasteiger partial charge in [-0.1, -0.05) is 43.2 Å². The second kappa shape index (κ2) is 14.2. The Morgan fingerprint density at radius 1 is 0.959 bits per heavy atom.